The fraction of sp³-hybridized carbons (Fsp3) is 0. The number of hydrazone groups is 1. The van der Waals surface area contributed by atoms with Gasteiger partial charge < -0.3 is 15.9 Å². The van der Waals surface area contributed by atoms with Crippen LogP contribution in [-0.4, -0.2) is 26.5 Å². The number of phenolic OH excluding ortho intramolecular Hbond substituents is 2. The van der Waals surface area contributed by atoms with E-state index in [2.05, 4.69) is 22.7 Å². The number of benzene rings is 1. The molecule has 9 heteroatoms. The van der Waals surface area contributed by atoms with Crippen molar-refractivity contribution in [3.05, 3.63) is 27.8 Å². The molecule has 0 radical (unpaired) electrons. The van der Waals surface area contributed by atoms with Crippen molar-refractivity contribution in [2.24, 2.45) is 5.73 Å². The summed E-state index contributed by atoms with van der Waals surface area (Å²) in [5.41, 5.74) is 7.04. The van der Waals surface area contributed by atoms with Crippen molar-refractivity contribution in [2.45, 2.75) is 0 Å². The van der Waals surface area contributed by atoms with Gasteiger partial charge in [0.25, 0.3) is 0 Å². The average molecular weight is 257 g/mol. The zero-order valence-corrected chi connectivity index (χ0v) is 9.19. The molecule has 0 aliphatic carbocycles. The van der Waals surface area contributed by atoms with Crippen LogP contribution in [0.3, 0.4) is 0 Å². The molecule has 0 unspecified atom stereocenters. The first-order chi connectivity index (χ1) is 7.91. The van der Waals surface area contributed by atoms with Gasteiger partial charge in [-0.05, 0) is 12.2 Å². The molecule has 0 aliphatic rings. The Balaban J connectivity index is 3.07. The van der Waals surface area contributed by atoms with Gasteiger partial charge in [-0.1, -0.05) is 0 Å². The van der Waals surface area contributed by atoms with Gasteiger partial charge in [-0.15, -0.1) is 10.5 Å². The first kappa shape index (κ1) is 12.6. The summed E-state index contributed by atoms with van der Waals surface area (Å²) in [5.74, 6) is -0.947. The summed E-state index contributed by atoms with van der Waals surface area (Å²) in [5, 5.41) is 31.6. The number of hydrogen-bond acceptors (Lipinski definition) is 5. The van der Waals surface area contributed by atoms with Crippen LogP contribution in [0.15, 0.2) is 12.1 Å². The zero-order valence-electron chi connectivity index (χ0n) is 8.38. The van der Waals surface area contributed by atoms with Gasteiger partial charge >= 0.3 is 5.69 Å². The lowest BCUT2D eigenvalue weighted by molar-refractivity contribution is -0.499. The lowest BCUT2D eigenvalue weighted by atomic mass is 10.2. The highest BCUT2D eigenvalue weighted by molar-refractivity contribution is 7.80. The third-order valence-corrected chi connectivity index (χ3v) is 1.85. The zero-order chi connectivity index (χ0) is 13.0. The van der Waals surface area contributed by atoms with Gasteiger partial charge in [0.2, 0.25) is 11.3 Å². The van der Waals surface area contributed by atoms with E-state index in [-0.39, 0.29) is 16.4 Å². The summed E-state index contributed by atoms with van der Waals surface area (Å²) in [7, 11) is 0. The van der Waals surface area contributed by atoms with Crippen LogP contribution in [0.25, 0.3) is 0 Å². The standard InChI is InChI=1S/C8H8N4O4S/c9-8(17)11-10-3-4-1-5(12(15)16)7(14)2-6(4)13/h1-3,13-14H,(H3,9,11,17)/p+1. The molecule has 0 amide bonds. The molecule has 90 valence electrons. The van der Waals surface area contributed by atoms with E-state index in [1.807, 2.05) is 0 Å². The Hall–Kier alpha value is -2.42. The number of nitrogens with two attached hydrogens (primary N) is 1. The van der Waals surface area contributed by atoms with Gasteiger partial charge in [-0.25, -0.2) is 0 Å². The predicted octanol–water partition coefficient (Wildman–Crippen LogP) is -1.75. The molecular formula is C8H9N4O4S+. The number of nitro benzene ring substituents is 1. The van der Waals surface area contributed by atoms with Crippen molar-refractivity contribution in [2.75, 3.05) is 0 Å². The van der Waals surface area contributed by atoms with Crippen LogP contribution in [0, 0.1) is 10.1 Å². The molecule has 0 aromatic heterocycles. The van der Waals surface area contributed by atoms with Gasteiger partial charge in [-0.2, -0.15) is 0 Å². The number of hydrogen-bond donors (Lipinski definition) is 5. The van der Waals surface area contributed by atoms with E-state index in [1.165, 1.54) is 6.21 Å². The van der Waals surface area contributed by atoms with Crippen LogP contribution < -0.4 is 16.3 Å². The minimum atomic E-state index is -0.771. The normalized spacial score (nSPS) is 10.4. The molecule has 0 saturated carbocycles. The topological polar surface area (TPSA) is 136 Å². The third kappa shape index (κ3) is 3.28. The minimum Gasteiger partial charge on any atom is -0.507 e. The molecule has 8 nitrogen and oxygen atoms in total. The average Bonchev–Trinajstić information content (AvgIpc) is 2.20. The van der Waals surface area contributed by atoms with Crippen molar-refractivity contribution < 1.29 is 20.2 Å². The quantitative estimate of drug-likeness (QED) is 0.187. The van der Waals surface area contributed by atoms with Crippen LogP contribution in [0.1, 0.15) is 5.56 Å². The maximum absolute atomic E-state index is 10.5. The van der Waals surface area contributed by atoms with Gasteiger partial charge in [0.1, 0.15) is 5.75 Å². The molecule has 1 aromatic carbocycles. The number of thiocarbonyl (C=S) groups is 1. The Kier molecular flexibility index (Phi) is 3.78. The predicted molar refractivity (Wildman–Crippen MR) is 62.5 cm³/mol. The molecule has 17 heavy (non-hydrogen) atoms. The van der Waals surface area contributed by atoms with Gasteiger partial charge in [0.05, 0.1) is 10.5 Å². The fourth-order valence-electron chi connectivity index (χ4n) is 1.03. The van der Waals surface area contributed by atoms with Crippen molar-refractivity contribution in [1.82, 2.24) is 5.43 Å². The van der Waals surface area contributed by atoms with Gasteiger partial charge in [0, 0.05) is 12.1 Å². The lowest BCUT2D eigenvalue weighted by Crippen LogP contribution is -2.82. The van der Waals surface area contributed by atoms with E-state index in [0.29, 0.717) is 0 Å². The molecule has 0 spiro atoms. The second-order valence-corrected chi connectivity index (χ2v) is 3.37. The number of aromatic hydroxyl groups is 2. The van der Waals surface area contributed by atoms with E-state index >= 15 is 0 Å². The summed E-state index contributed by atoms with van der Waals surface area (Å²) in [6.07, 6.45) is 1.21. The van der Waals surface area contributed by atoms with Crippen LogP contribution >= 0.6 is 12.2 Å². The Bertz CT molecular complexity index is 503. The third-order valence-electron chi connectivity index (χ3n) is 1.74. The first-order valence-corrected chi connectivity index (χ1v) is 4.67. The highest BCUT2D eigenvalue weighted by Crippen LogP contribution is 2.31. The van der Waals surface area contributed by atoms with Crippen molar-refractivity contribution in [3.8, 4) is 11.5 Å². The summed E-state index contributed by atoms with van der Waals surface area (Å²) in [6.45, 7) is 0. The van der Waals surface area contributed by atoms with Crippen LogP contribution in [0.2, 0.25) is 0 Å². The molecule has 0 bridgehead atoms. The largest absolute Gasteiger partial charge is 0.507 e. The number of nitrogens with zero attached hydrogens (tertiary/aromatic N) is 1. The van der Waals surface area contributed by atoms with E-state index in [0.717, 1.165) is 12.1 Å². The van der Waals surface area contributed by atoms with Gasteiger partial charge in [-0.3, -0.25) is 10.1 Å². The highest BCUT2D eigenvalue weighted by atomic mass is 32.1. The molecule has 0 saturated heterocycles. The fourth-order valence-corrected chi connectivity index (χ4v) is 1.09. The molecule has 0 atom stereocenters. The second-order valence-electron chi connectivity index (χ2n) is 2.93. The summed E-state index contributed by atoms with van der Waals surface area (Å²) >= 11 is 4.51. The summed E-state index contributed by atoms with van der Waals surface area (Å²) in [4.78, 5) is 9.77. The number of phenols is 2. The monoisotopic (exact) mass is 257 g/mol. The summed E-state index contributed by atoms with van der Waals surface area (Å²) < 4.78 is 0. The number of nitro groups is 1. The molecule has 6 N–H and O–H groups in total. The number of hydrazine groups is 1. The maximum atomic E-state index is 10.5. The Morgan fingerprint density at radius 1 is 1.53 bits per heavy atom. The van der Waals surface area contributed by atoms with E-state index in [1.54, 1.807) is 0 Å². The van der Waals surface area contributed by atoms with Crippen LogP contribution in [0.4, 0.5) is 5.69 Å². The van der Waals surface area contributed by atoms with E-state index in [9.17, 15) is 20.3 Å². The highest BCUT2D eigenvalue weighted by Gasteiger charge is 2.17. The molecule has 1 aromatic rings. The lowest BCUT2D eigenvalue weighted by Gasteiger charge is -1.99. The van der Waals surface area contributed by atoms with Gasteiger partial charge in [0.15, 0.2) is 5.75 Å². The first-order valence-electron chi connectivity index (χ1n) is 4.26. The molecular weight excluding hydrogens is 248 g/mol. The number of rotatable bonds is 3. The van der Waals surface area contributed by atoms with Crippen LogP contribution in [0.5, 0.6) is 11.5 Å². The smallest absolute Gasteiger partial charge is 0.311 e. The van der Waals surface area contributed by atoms with Crippen molar-refractivity contribution in [3.63, 3.8) is 0 Å². The molecule has 1 rings (SSSR count). The minimum absolute atomic E-state index is 0.0333. The molecule has 0 aliphatic heterocycles. The van der Waals surface area contributed by atoms with E-state index < -0.39 is 16.4 Å². The van der Waals surface area contributed by atoms with E-state index in [4.69, 9.17) is 5.73 Å². The number of nitrogens with one attached hydrogen (secondary N) is 2. The Morgan fingerprint density at radius 2 is 2.18 bits per heavy atom. The van der Waals surface area contributed by atoms with Crippen molar-refractivity contribution >= 4 is 29.2 Å². The maximum Gasteiger partial charge on any atom is 0.311 e. The van der Waals surface area contributed by atoms with Crippen molar-refractivity contribution in [1.29, 1.82) is 0 Å². The summed E-state index contributed by atoms with van der Waals surface area (Å²) in [6, 6.07) is 1.87. The molecule has 0 fully saturated rings. The molecule has 0 heterocycles. The second kappa shape index (κ2) is 5.07. The Labute approximate surface area is 101 Å². The Morgan fingerprint density at radius 3 is 2.71 bits per heavy atom. The van der Waals surface area contributed by atoms with Crippen LogP contribution in [-0.2, 0) is 0 Å². The SMILES string of the molecule is NC(=S)N[NH+]=Cc1cc([N+](=O)[O-])c(O)cc1O.